The first-order valence-electron chi connectivity index (χ1n) is 4.68. The van der Waals surface area contributed by atoms with Gasteiger partial charge in [0.1, 0.15) is 0 Å². The molecule has 0 spiro atoms. The van der Waals surface area contributed by atoms with Gasteiger partial charge in [0.05, 0.1) is 0 Å². The van der Waals surface area contributed by atoms with Gasteiger partial charge in [-0.2, -0.15) is 0 Å². The maximum Gasteiger partial charge on any atom is 0.167 e. The predicted molar refractivity (Wildman–Crippen MR) is 63.5 cm³/mol. The SMILES string of the molecule is O=C(c1cc(Br)ccc1Br)C1CCC1. The van der Waals surface area contributed by atoms with Gasteiger partial charge >= 0.3 is 0 Å². The van der Waals surface area contributed by atoms with Crippen LogP contribution >= 0.6 is 31.9 Å². The Balaban J connectivity index is 2.29. The first-order chi connectivity index (χ1) is 6.68. The van der Waals surface area contributed by atoms with E-state index in [1.54, 1.807) is 0 Å². The third kappa shape index (κ3) is 1.94. The van der Waals surface area contributed by atoms with Crippen molar-refractivity contribution in [2.24, 2.45) is 5.92 Å². The van der Waals surface area contributed by atoms with E-state index in [0.717, 1.165) is 27.4 Å². The summed E-state index contributed by atoms with van der Waals surface area (Å²) in [6.45, 7) is 0. The maximum absolute atomic E-state index is 11.9. The highest BCUT2D eigenvalue weighted by Gasteiger charge is 2.27. The van der Waals surface area contributed by atoms with Crippen molar-refractivity contribution in [3.05, 3.63) is 32.7 Å². The number of carbonyl (C=O) groups is 1. The van der Waals surface area contributed by atoms with Crippen molar-refractivity contribution in [1.29, 1.82) is 0 Å². The van der Waals surface area contributed by atoms with Crippen molar-refractivity contribution in [3.8, 4) is 0 Å². The Hall–Kier alpha value is -0.150. The number of hydrogen-bond donors (Lipinski definition) is 0. The van der Waals surface area contributed by atoms with E-state index in [-0.39, 0.29) is 11.7 Å². The van der Waals surface area contributed by atoms with Crippen molar-refractivity contribution in [1.82, 2.24) is 0 Å². The number of carbonyl (C=O) groups excluding carboxylic acids is 1. The molecule has 0 atom stereocenters. The number of benzene rings is 1. The minimum absolute atomic E-state index is 0.264. The average Bonchev–Trinajstić information content (AvgIpc) is 2.06. The van der Waals surface area contributed by atoms with Crippen LogP contribution in [-0.2, 0) is 0 Å². The van der Waals surface area contributed by atoms with Gasteiger partial charge in [0, 0.05) is 20.4 Å². The summed E-state index contributed by atoms with van der Waals surface area (Å²) in [5.41, 5.74) is 0.809. The molecule has 1 fully saturated rings. The molecule has 3 heteroatoms. The summed E-state index contributed by atoms with van der Waals surface area (Å²) in [5.74, 6) is 0.546. The molecule has 0 N–H and O–H groups in total. The highest BCUT2D eigenvalue weighted by Crippen LogP contribution is 2.32. The Morgan fingerprint density at radius 2 is 2.00 bits per heavy atom. The zero-order valence-corrected chi connectivity index (χ0v) is 10.8. The van der Waals surface area contributed by atoms with Gasteiger partial charge < -0.3 is 0 Å². The molecule has 0 unspecified atom stereocenters. The number of halogens is 2. The van der Waals surface area contributed by atoms with Gasteiger partial charge in [0.15, 0.2) is 5.78 Å². The predicted octanol–water partition coefficient (Wildman–Crippen LogP) is 4.19. The average molecular weight is 318 g/mol. The molecular formula is C11H10Br2O. The first kappa shape index (κ1) is 10.4. The van der Waals surface area contributed by atoms with Gasteiger partial charge in [-0.3, -0.25) is 4.79 Å². The van der Waals surface area contributed by atoms with Crippen LogP contribution in [0.4, 0.5) is 0 Å². The molecule has 1 nitrogen and oxygen atoms in total. The standard InChI is InChI=1S/C11H10Br2O/c12-8-4-5-10(13)9(6-8)11(14)7-2-1-3-7/h4-7H,1-3H2. The summed E-state index contributed by atoms with van der Waals surface area (Å²) in [6.07, 6.45) is 3.30. The molecule has 0 aliphatic heterocycles. The van der Waals surface area contributed by atoms with Crippen LogP contribution < -0.4 is 0 Å². The molecule has 0 aromatic heterocycles. The van der Waals surface area contributed by atoms with Crippen molar-refractivity contribution in [2.45, 2.75) is 19.3 Å². The Morgan fingerprint density at radius 1 is 1.29 bits per heavy atom. The molecule has 1 aliphatic carbocycles. The van der Waals surface area contributed by atoms with E-state index in [9.17, 15) is 4.79 Å². The van der Waals surface area contributed by atoms with Crippen LogP contribution in [-0.4, -0.2) is 5.78 Å². The van der Waals surface area contributed by atoms with Crippen LogP contribution in [0.25, 0.3) is 0 Å². The van der Waals surface area contributed by atoms with Crippen molar-refractivity contribution < 1.29 is 4.79 Å². The number of hydrogen-bond acceptors (Lipinski definition) is 1. The molecule has 0 amide bonds. The van der Waals surface area contributed by atoms with Gasteiger partial charge in [-0.1, -0.05) is 38.3 Å². The summed E-state index contributed by atoms with van der Waals surface area (Å²) in [7, 11) is 0. The lowest BCUT2D eigenvalue weighted by Crippen LogP contribution is -2.22. The zero-order chi connectivity index (χ0) is 10.1. The second-order valence-electron chi connectivity index (χ2n) is 3.62. The highest BCUT2D eigenvalue weighted by molar-refractivity contribution is 9.11. The minimum Gasteiger partial charge on any atom is -0.294 e. The van der Waals surface area contributed by atoms with Gasteiger partial charge in [0.2, 0.25) is 0 Å². The van der Waals surface area contributed by atoms with Crippen LogP contribution in [0.5, 0.6) is 0 Å². The maximum atomic E-state index is 11.9. The summed E-state index contributed by atoms with van der Waals surface area (Å²) < 4.78 is 1.86. The van der Waals surface area contributed by atoms with Crippen molar-refractivity contribution in [3.63, 3.8) is 0 Å². The molecule has 1 aliphatic rings. The van der Waals surface area contributed by atoms with Crippen molar-refractivity contribution in [2.75, 3.05) is 0 Å². The molecule has 0 bridgehead atoms. The lowest BCUT2D eigenvalue weighted by atomic mass is 9.80. The fourth-order valence-corrected chi connectivity index (χ4v) is 2.38. The molecular weight excluding hydrogens is 308 g/mol. The number of rotatable bonds is 2. The van der Waals surface area contributed by atoms with Gasteiger partial charge in [-0.25, -0.2) is 0 Å². The smallest absolute Gasteiger partial charge is 0.167 e. The van der Waals surface area contributed by atoms with E-state index in [2.05, 4.69) is 31.9 Å². The third-order valence-corrected chi connectivity index (χ3v) is 3.85. The van der Waals surface area contributed by atoms with Crippen LogP contribution in [0, 0.1) is 5.92 Å². The van der Waals surface area contributed by atoms with Gasteiger partial charge in [-0.05, 0) is 31.0 Å². The second kappa shape index (κ2) is 4.15. The van der Waals surface area contributed by atoms with Gasteiger partial charge in [-0.15, -0.1) is 0 Å². The Bertz CT molecular complexity index is 370. The zero-order valence-electron chi connectivity index (χ0n) is 7.59. The molecule has 0 radical (unpaired) electrons. The van der Waals surface area contributed by atoms with E-state index in [1.165, 1.54) is 6.42 Å². The molecule has 0 heterocycles. The topological polar surface area (TPSA) is 17.1 Å². The quantitative estimate of drug-likeness (QED) is 0.747. The number of Topliss-reactive ketones (excluding diaryl/α,β-unsaturated/α-hetero) is 1. The van der Waals surface area contributed by atoms with Crippen LogP contribution in [0.15, 0.2) is 27.1 Å². The summed E-state index contributed by atoms with van der Waals surface area (Å²) in [6, 6.07) is 5.74. The summed E-state index contributed by atoms with van der Waals surface area (Å²) in [4.78, 5) is 11.9. The fourth-order valence-electron chi connectivity index (χ4n) is 1.58. The Labute approximate surface area is 100 Å². The van der Waals surface area contributed by atoms with Crippen LogP contribution in [0.1, 0.15) is 29.6 Å². The lowest BCUT2D eigenvalue weighted by molar-refractivity contribution is 0.0854. The highest BCUT2D eigenvalue weighted by atomic mass is 79.9. The molecule has 14 heavy (non-hydrogen) atoms. The first-order valence-corrected chi connectivity index (χ1v) is 6.26. The van der Waals surface area contributed by atoms with E-state index >= 15 is 0 Å². The fraction of sp³-hybridized carbons (Fsp3) is 0.364. The minimum atomic E-state index is 0.264. The van der Waals surface area contributed by atoms with Crippen LogP contribution in [0.3, 0.4) is 0 Å². The Kier molecular flexibility index (Phi) is 3.07. The second-order valence-corrected chi connectivity index (χ2v) is 5.39. The largest absolute Gasteiger partial charge is 0.294 e. The molecule has 0 saturated heterocycles. The molecule has 74 valence electrons. The normalized spacial score (nSPS) is 16.4. The van der Waals surface area contributed by atoms with Gasteiger partial charge in [0.25, 0.3) is 0 Å². The van der Waals surface area contributed by atoms with E-state index in [0.29, 0.717) is 0 Å². The van der Waals surface area contributed by atoms with Crippen molar-refractivity contribution >= 4 is 37.6 Å². The van der Waals surface area contributed by atoms with E-state index < -0.39 is 0 Å². The molecule has 2 rings (SSSR count). The summed E-state index contributed by atoms with van der Waals surface area (Å²) >= 11 is 6.79. The van der Waals surface area contributed by atoms with Crippen LogP contribution in [0.2, 0.25) is 0 Å². The lowest BCUT2D eigenvalue weighted by Gasteiger charge is -2.24. The molecule has 1 aromatic rings. The monoisotopic (exact) mass is 316 g/mol. The van der Waals surface area contributed by atoms with E-state index in [1.807, 2.05) is 18.2 Å². The Morgan fingerprint density at radius 3 is 2.57 bits per heavy atom. The molecule has 1 saturated carbocycles. The van der Waals surface area contributed by atoms with E-state index in [4.69, 9.17) is 0 Å². The summed E-state index contributed by atoms with van der Waals surface area (Å²) in [5, 5.41) is 0. The number of ketones is 1. The third-order valence-electron chi connectivity index (χ3n) is 2.67. The molecule has 1 aromatic carbocycles.